The van der Waals surface area contributed by atoms with Gasteiger partial charge in [-0.25, -0.2) is 18.3 Å². The maximum Gasteiger partial charge on any atom is 0.411 e. The molecule has 0 atom stereocenters. The Hall–Kier alpha value is -3.59. The van der Waals surface area contributed by atoms with Crippen LogP contribution >= 0.6 is 0 Å². The standard InChI is InChI=1S/C23H24F2N4O3/c1-28(2)11-4-12-32-23(31)26-18-6-3-5-16(13-18)15-29-22(30)10-9-21(27-29)19-8-7-17(24)14-20(19)25/h3,5-10,13-14H,4,11-12,15H2,1-2H3,(H,26,31). The molecule has 0 aliphatic carbocycles. The summed E-state index contributed by atoms with van der Waals surface area (Å²) in [4.78, 5) is 26.2. The van der Waals surface area contributed by atoms with E-state index in [2.05, 4.69) is 10.4 Å². The summed E-state index contributed by atoms with van der Waals surface area (Å²) in [7, 11) is 3.88. The first-order chi connectivity index (χ1) is 15.3. The first-order valence-electron chi connectivity index (χ1n) is 10.0. The van der Waals surface area contributed by atoms with Crippen molar-refractivity contribution in [1.29, 1.82) is 0 Å². The highest BCUT2D eigenvalue weighted by Gasteiger charge is 2.11. The van der Waals surface area contributed by atoms with Crippen molar-refractivity contribution in [2.45, 2.75) is 13.0 Å². The number of aromatic nitrogens is 2. The molecule has 0 aliphatic heterocycles. The zero-order chi connectivity index (χ0) is 23.1. The summed E-state index contributed by atoms with van der Waals surface area (Å²) in [6.07, 6.45) is 0.157. The van der Waals surface area contributed by atoms with Crippen molar-refractivity contribution in [3.8, 4) is 11.3 Å². The third-order valence-electron chi connectivity index (χ3n) is 4.56. The first-order valence-corrected chi connectivity index (χ1v) is 10.0. The number of benzene rings is 2. The van der Waals surface area contributed by atoms with Crippen LogP contribution in [-0.4, -0.2) is 48.0 Å². The molecule has 9 heteroatoms. The van der Waals surface area contributed by atoms with Gasteiger partial charge in [0.2, 0.25) is 0 Å². The van der Waals surface area contributed by atoms with Crippen molar-refractivity contribution >= 4 is 11.8 Å². The molecule has 0 saturated heterocycles. The predicted molar refractivity (Wildman–Crippen MR) is 118 cm³/mol. The van der Waals surface area contributed by atoms with Crippen molar-refractivity contribution in [1.82, 2.24) is 14.7 Å². The Kier molecular flexibility index (Phi) is 7.67. The summed E-state index contributed by atoms with van der Waals surface area (Å²) in [5.74, 6) is -1.46. The monoisotopic (exact) mass is 442 g/mol. The smallest absolute Gasteiger partial charge is 0.411 e. The highest BCUT2D eigenvalue weighted by Crippen LogP contribution is 2.20. The molecule has 168 valence electrons. The fourth-order valence-electron chi connectivity index (χ4n) is 3.02. The normalized spacial score (nSPS) is 10.9. The minimum Gasteiger partial charge on any atom is -0.449 e. The van der Waals surface area contributed by atoms with Crippen molar-refractivity contribution in [3.05, 3.63) is 82.1 Å². The van der Waals surface area contributed by atoms with Crippen molar-refractivity contribution < 1.29 is 18.3 Å². The summed E-state index contributed by atoms with van der Waals surface area (Å²) in [6, 6.07) is 12.7. The largest absolute Gasteiger partial charge is 0.449 e. The fourth-order valence-corrected chi connectivity index (χ4v) is 3.02. The number of nitrogens with zero attached hydrogens (tertiary/aromatic N) is 3. The fraction of sp³-hybridized carbons (Fsp3) is 0.261. The lowest BCUT2D eigenvalue weighted by atomic mass is 10.1. The summed E-state index contributed by atoms with van der Waals surface area (Å²) in [5.41, 5.74) is 1.12. The number of carbonyl (C=O) groups is 1. The van der Waals surface area contributed by atoms with Crippen molar-refractivity contribution in [2.75, 3.05) is 32.6 Å². The summed E-state index contributed by atoms with van der Waals surface area (Å²) in [5, 5.41) is 6.86. The number of hydrogen-bond donors (Lipinski definition) is 1. The van der Waals surface area contributed by atoms with Crippen LogP contribution in [0.15, 0.2) is 59.4 Å². The Morgan fingerprint density at radius 2 is 1.94 bits per heavy atom. The summed E-state index contributed by atoms with van der Waals surface area (Å²) < 4.78 is 33.6. The van der Waals surface area contributed by atoms with E-state index >= 15 is 0 Å². The molecule has 0 spiro atoms. The third-order valence-corrected chi connectivity index (χ3v) is 4.56. The van der Waals surface area contributed by atoms with Crippen LogP contribution in [0, 0.1) is 11.6 Å². The lowest BCUT2D eigenvalue weighted by Gasteiger charge is -2.11. The van der Waals surface area contributed by atoms with Gasteiger partial charge in [0.15, 0.2) is 0 Å². The molecule has 1 N–H and O–H groups in total. The number of hydrogen-bond acceptors (Lipinski definition) is 5. The van der Waals surface area contributed by atoms with Gasteiger partial charge in [-0.2, -0.15) is 5.10 Å². The van der Waals surface area contributed by atoms with Crippen molar-refractivity contribution in [3.63, 3.8) is 0 Å². The highest BCUT2D eigenvalue weighted by atomic mass is 19.1. The molecule has 0 saturated carbocycles. The molecule has 7 nitrogen and oxygen atoms in total. The summed E-state index contributed by atoms with van der Waals surface area (Å²) in [6.45, 7) is 1.21. The average molecular weight is 442 g/mol. The Morgan fingerprint density at radius 1 is 1.12 bits per heavy atom. The van der Waals surface area contributed by atoms with Gasteiger partial charge in [0.25, 0.3) is 5.56 Å². The molecule has 0 radical (unpaired) electrons. The number of halogens is 2. The second kappa shape index (κ2) is 10.6. The van der Waals surface area contributed by atoms with Gasteiger partial charge in [0, 0.05) is 29.9 Å². The van der Waals surface area contributed by atoms with Gasteiger partial charge in [-0.1, -0.05) is 12.1 Å². The van der Waals surface area contributed by atoms with Gasteiger partial charge < -0.3 is 9.64 Å². The highest BCUT2D eigenvalue weighted by molar-refractivity contribution is 5.84. The van der Waals surface area contributed by atoms with Crippen LogP contribution in [0.5, 0.6) is 0 Å². The van der Waals surface area contributed by atoms with E-state index in [0.717, 1.165) is 25.1 Å². The molecule has 1 aromatic heterocycles. The number of amides is 1. The van der Waals surface area contributed by atoms with E-state index in [1.54, 1.807) is 24.3 Å². The molecule has 1 heterocycles. The van der Waals surface area contributed by atoms with E-state index in [9.17, 15) is 18.4 Å². The molecule has 0 unspecified atom stereocenters. The van der Waals surface area contributed by atoms with Crippen LogP contribution in [0.25, 0.3) is 11.3 Å². The van der Waals surface area contributed by atoms with Gasteiger partial charge in [0.05, 0.1) is 18.8 Å². The topological polar surface area (TPSA) is 76.5 Å². The molecule has 32 heavy (non-hydrogen) atoms. The first kappa shape index (κ1) is 23.1. The van der Waals surface area contributed by atoms with Gasteiger partial charge in [-0.05, 0) is 56.4 Å². The van der Waals surface area contributed by atoms with Crippen LogP contribution in [0.4, 0.5) is 19.3 Å². The SMILES string of the molecule is CN(C)CCCOC(=O)Nc1cccc(Cn2nc(-c3ccc(F)cc3F)ccc2=O)c1. The Balaban J connectivity index is 1.70. The molecule has 2 aromatic carbocycles. The van der Waals surface area contributed by atoms with Gasteiger partial charge in [-0.3, -0.25) is 10.1 Å². The molecule has 0 fully saturated rings. The second-order valence-corrected chi connectivity index (χ2v) is 7.46. The molecule has 0 aliphatic rings. The minimum atomic E-state index is -0.766. The third kappa shape index (κ3) is 6.45. The molecule has 3 aromatic rings. The van der Waals surface area contributed by atoms with Gasteiger partial charge in [0.1, 0.15) is 11.6 Å². The molecular formula is C23H24F2N4O3. The van der Waals surface area contributed by atoms with E-state index < -0.39 is 17.7 Å². The zero-order valence-corrected chi connectivity index (χ0v) is 17.8. The Labute approximate surface area is 184 Å². The number of carbonyl (C=O) groups excluding carboxylic acids is 1. The number of rotatable bonds is 8. The minimum absolute atomic E-state index is 0.0904. The Morgan fingerprint density at radius 3 is 2.69 bits per heavy atom. The lowest BCUT2D eigenvalue weighted by molar-refractivity contribution is 0.156. The zero-order valence-electron chi connectivity index (χ0n) is 17.8. The number of ether oxygens (including phenoxy) is 1. The predicted octanol–water partition coefficient (Wildman–Crippen LogP) is 3.74. The van der Waals surface area contributed by atoms with Crippen LogP contribution in [0.1, 0.15) is 12.0 Å². The molecular weight excluding hydrogens is 418 g/mol. The molecule has 3 rings (SSSR count). The van der Waals surface area contributed by atoms with Crippen LogP contribution in [0.3, 0.4) is 0 Å². The van der Waals surface area contributed by atoms with E-state index in [1.807, 2.05) is 19.0 Å². The number of anilines is 1. The molecule has 1 amide bonds. The van der Waals surface area contributed by atoms with Crippen LogP contribution in [0.2, 0.25) is 0 Å². The van der Waals surface area contributed by atoms with Gasteiger partial charge in [-0.15, -0.1) is 0 Å². The van der Waals surface area contributed by atoms with Crippen LogP contribution in [-0.2, 0) is 11.3 Å². The Bertz CT molecular complexity index is 1150. The van der Waals surface area contributed by atoms with E-state index in [-0.39, 0.29) is 23.4 Å². The van der Waals surface area contributed by atoms with Crippen LogP contribution < -0.4 is 10.9 Å². The summed E-state index contributed by atoms with van der Waals surface area (Å²) >= 11 is 0. The maximum atomic E-state index is 14.1. The van der Waals surface area contributed by atoms with E-state index in [1.165, 1.54) is 22.9 Å². The molecule has 0 bridgehead atoms. The maximum absolute atomic E-state index is 14.1. The second-order valence-electron chi connectivity index (χ2n) is 7.46. The average Bonchev–Trinajstić information content (AvgIpc) is 2.73. The number of nitrogens with one attached hydrogen (secondary N) is 1. The quantitative estimate of drug-likeness (QED) is 0.538. The van der Waals surface area contributed by atoms with E-state index in [0.29, 0.717) is 17.9 Å². The van der Waals surface area contributed by atoms with Gasteiger partial charge >= 0.3 is 6.09 Å². The van der Waals surface area contributed by atoms with Crippen molar-refractivity contribution in [2.24, 2.45) is 0 Å². The lowest BCUT2D eigenvalue weighted by Crippen LogP contribution is -2.23. The van der Waals surface area contributed by atoms with E-state index in [4.69, 9.17) is 4.74 Å².